The molecule has 1 aliphatic heterocycles. The van der Waals surface area contributed by atoms with E-state index in [1.54, 1.807) is 61.5 Å². The molecule has 0 atom stereocenters. The molecule has 0 saturated carbocycles. The summed E-state index contributed by atoms with van der Waals surface area (Å²) < 4.78 is 5.21. The third-order valence-corrected chi connectivity index (χ3v) is 6.76. The van der Waals surface area contributed by atoms with Crippen molar-refractivity contribution in [3.63, 3.8) is 0 Å². The fourth-order valence-electron chi connectivity index (χ4n) is 3.83. The number of halogens is 1. The molecular formula is C26H23ClN4O6S. The number of amides is 5. The fraction of sp³-hybridized carbons (Fsp3) is 0.192. The summed E-state index contributed by atoms with van der Waals surface area (Å²) in [6.45, 7) is 1.81. The lowest BCUT2D eigenvalue weighted by Crippen LogP contribution is -2.38. The van der Waals surface area contributed by atoms with E-state index in [-0.39, 0.29) is 43.1 Å². The van der Waals surface area contributed by atoms with Crippen LogP contribution in [0, 0.1) is 0 Å². The van der Waals surface area contributed by atoms with E-state index in [4.69, 9.17) is 16.3 Å². The lowest BCUT2D eigenvalue weighted by atomic mass is 10.1. The van der Waals surface area contributed by atoms with Crippen LogP contribution in [0.2, 0.25) is 4.34 Å². The smallest absolute Gasteiger partial charge is 0.325 e. The van der Waals surface area contributed by atoms with E-state index in [0.29, 0.717) is 14.8 Å². The van der Waals surface area contributed by atoms with E-state index >= 15 is 0 Å². The monoisotopic (exact) mass is 554 g/mol. The molecule has 1 aromatic heterocycles. The molecule has 0 spiro atoms. The van der Waals surface area contributed by atoms with Crippen molar-refractivity contribution in [3.8, 4) is 0 Å². The highest BCUT2D eigenvalue weighted by Crippen LogP contribution is 2.31. The van der Waals surface area contributed by atoms with Crippen LogP contribution in [0.1, 0.15) is 48.4 Å². The summed E-state index contributed by atoms with van der Waals surface area (Å²) in [5, 5.41) is 7.75. The quantitative estimate of drug-likeness (QED) is 0.272. The Balaban J connectivity index is 1.41. The molecule has 0 aliphatic carbocycles. The van der Waals surface area contributed by atoms with E-state index < -0.39 is 29.7 Å². The number of urea groups is 1. The average molecular weight is 555 g/mol. The number of anilines is 1. The predicted octanol–water partition coefficient (Wildman–Crippen LogP) is 3.81. The van der Waals surface area contributed by atoms with Gasteiger partial charge in [-0.3, -0.25) is 24.1 Å². The maximum atomic E-state index is 13.3. The number of nitrogens with zero attached hydrogens (tertiary/aromatic N) is 1. The minimum absolute atomic E-state index is 0.00314. The number of ether oxygens (including phenoxy) is 1. The zero-order valence-electron chi connectivity index (χ0n) is 20.2. The summed E-state index contributed by atoms with van der Waals surface area (Å²) in [5.41, 5.74) is 1.97. The number of hydrogen-bond donors (Lipinski definition) is 3. The van der Waals surface area contributed by atoms with Crippen molar-refractivity contribution in [3.05, 3.63) is 86.1 Å². The molecule has 0 fully saturated rings. The molecule has 2 aromatic carbocycles. The Morgan fingerprint density at radius 1 is 0.974 bits per heavy atom. The van der Waals surface area contributed by atoms with Gasteiger partial charge >= 0.3 is 12.0 Å². The van der Waals surface area contributed by atoms with Crippen LogP contribution in [0.15, 0.2) is 54.6 Å². The number of carbonyl (C=O) groups excluding carboxylic acids is 5. The van der Waals surface area contributed by atoms with Crippen LogP contribution >= 0.6 is 22.9 Å². The Bertz CT molecular complexity index is 1420. The molecule has 38 heavy (non-hydrogen) atoms. The summed E-state index contributed by atoms with van der Waals surface area (Å²) in [5.74, 6) is -1.96. The van der Waals surface area contributed by atoms with Gasteiger partial charge < -0.3 is 20.7 Å². The lowest BCUT2D eigenvalue weighted by molar-refractivity contribution is -0.141. The molecule has 0 unspecified atom stereocenters. The van der Waals surface area contributed by atoms with Crippen molar-refractivity contribution in [1.82, 2.24) is 15.5 Å². The molecule has 0 saturated heterocycles. The molecule has 3 N–H and O–H groups in total. The predicted molar refractivity (Wildman–Crippen MR) is 141 cm³/mol. The van der Waals surface area contributed by atoms with E-state index in [2.05, 4.69) is 16.0 Å². The first-order valence-electron chi connectivity index (χ1n) is 11.6. The molecule has 5 amide bonds. The molecule has 0 bridgehead atoms. The van der Waals surface area contributed by atoms with Gasteiger partial charge in [-0.25, -0.2) is 4.79 Å². The van der Waals surface area contributed by atoms with Crippen molar-refractivity contribution in [2.45, 2.75) is 20.0 Å². The van der Waals surface area contributed by atoms with E-state index in [9.17, 15) is 24.0 Å². The van der Waals surface area contributed by atoms with E-state index in [1.807, 2.05) is 0 Å². The highest BCUT2D eigenvalue weighted by atomic mass is 35.5. The van der Waals surface area contributed by atoms with Crippen LogP contribution in [0.4, 0.5) is 10.5 Å². The highest BCUT2D eigenvalue weighted by Gasteiger charge is 2.37. The van der Waals surface area contributed by atoms with Gasteiger partial charge in [-0.1, -0.05) is 41.9 Å². The SMILES string of the molecule is CCOC(=O)CNC(=O)NCc1cccc(CN2C(=O)c3cccc(NC(=O)c4ccc(Cl)s4)c3C2=O)c1. The molecule has 10 nitrogen and oxygen atoms in total. The first-order valence-corrected chi connectivity index (χ1v) is 12.8. The van der Waals surface area contributed by atoms with E-state index in [1.165, 1.54) is 0 Å². The number of benzene rings is 2. The number of hydrogen-bond acceptors (Lipinski definition) is 7. The lowest BCUT2D eigenvalue weighted by Gasteiger charge is -2.15. The number of rotatable bonds is 9. The number of thiophene rings is 1. The van der Waals surface area contributed by atoms with Crippen LogP contribution in [0.3, 0.4) is 0 Å². The van der Waals surface area contributed by atoms with Gasteiger partial charge in [-0.2, -0.15) is 0 Å². The second-order valence-electron chi connectivity index (χ2n) is 8.14. The van der Waals surface area contributed by atoms with Gasteiger partial charge in [0.1, 0.15) is 6.54 Å². The minimum atomic E-state index is -0.539. The first-order chi connectivity index (χ1) is 18.3. The van der Waals surface area contributed by atoms with Gasteiger partial charge in [0.2, 0.25) is 0 Å². The highest BCUT2D eigenvalue weighted by molar-refractivity contribution is 7.18. The fourth-order valence-corrected chi connectivity index (χ4v) is 4.77. The first kappa shape index (κ1) is 26.8. The Morgan fingerprint density at radius 3 is 2.47 bits per heavy atom. The maximum absolute atomic E-state index is 13.3. The molecule has 196 valence electrons. The molecular weight excluding hydrogens is 532 g/mol. The summed E-state index contributed by atoms with van der Waals surface area (Å²) >= 11 is 7.02. The number of nitrogens with one attached hydrogen (secondary N) is 3. The van der Waals surface area contributed by atoms with Crippen LogP contribution in [0.5, 0.6) is 0 Å². The number of fused-ring (bicyclic) bond motifs is 1. The van der Waals surface area contributed by atoms with Gasteiger partial charge in [-0.05, 0) is 42.3 Å². The third-order valence-electron chi connectivity index (χ3n) is 5.53. The number of carbonyl (C=O) groups is 5. The van der Waals surface area contributed by atoms with Gasteiger partial charge in [0.15, 0.2) is 0 Å². The van der Waals surface area contributed by atoms with Crippen molar-refractivity contribution < 1.29 is 28.7 Å². The van der Waals surface area contributed by atoms with E-state index in [0.717, 1.165) is 21.8 Å². The van der Waals surface area contributed by atoms with Crippen molar-refractivity contribution in [1.29, 1.82) is 0 Å². The standard InChI is InChI=1S/C26H23ClN4O6S/c1-2-37-21(32)13-29-26(36)28-12-15-5-3-6-16(11-15)14-31-24(34)17-7-4-8-18(22(17)25(31)35)30-23(33)19-9-10-20(27)38-19/h3-11H,2,12-14H2,1H3,(H,30,33)(H2,28,29,36). The topological polar surface area (TPSA) is 134 Å². The Hall–Kier alpha value is -4.22. The largest absolute Gasteiger partial charge is 0.465 e. The van der Waals surface area contributed by atoms with Gasteiger partial charge in [0, 0.05) is 6.54 Å². The second kappa shape index (κ2) is 11.9. The van der Waals surface area contributed by atoms with Gasteiger partial charge in [0.05, 0.1) is 39.2 Å². The Morgan fingerprint density at radius 2 is 1.74 bits per heavy atom. The van der Waals surface area contributed by atoms with Crippen LogP contribution in [-0.2, 0) is 22.6 Å². The molecule has 1 aliphatic rings. The van der Waals surface area contributed by atoms with Gasteiger partial charge in [0.25, 0.3) is 17.7 Å². The summed E-state index contributed by atoms with van der Waals surface area (Å²) in [7, 11) is 0. The Labute approximate surface area is 226 Å². The average Bonchev–Trinajstić information content (AvgIpc) is 3.44. The zero-order valence-corrected chi connectivity index (χ0v) is 21.8. The molecule has 3 aromatic rings. The van der Waals surface area contributed by atoms with Crippen LogP contribution in [-0.4, -0.2) is 47.8 Å². The summed E-state index contributed by atoms with van der Waals surface area (Å²) in [6, 6.07) is 14.4. The van der Waals surface area contributed by atoms with Crippen molar-refractivity contribution in [2.24, 2.45) is 0 Å². The second-order valence-corrected chi connectivity index (χ2v) is 9.86. The van der Waals surface area contributed by atoms with Crippen molar-refractivity contribution >= 4 is 58.3 Å². The normalized spacial score (nSPS) is 12.2. The number of imide groups is 1. The molecule has 2 heterocycles. The molecule has 4 rings (SSSR count). The summed E-state index contributed by atoms with van der Waals surface area (Å²) in [4.78, 5) is 63.7. The molecule has 12 heteroatoms. The van der Waals surface area contributed by atoms with Crippen LogP contribution < -0.4 is 16.0 Å². The molecule has 0 radical (unpaired) electrons. The maximum Gasteiger partial charge on any atom is 0.325 e. The minimum Gasteiger partial charge on any atom is -0.465 e. The Kier molecular flexibility index (Phi) is 8.39. The van der Waals surface area contributed by atoms with Gasteiger partial charge in [-0.15, -0.1) is 11.3 Å². The van der Waals surface area contributed by atoms with Crippen molar-refractivity contribution in [2.75, 3.05) is 18.5 Å². The van der Waals surface area contributed by atoms with Crippen LogP contribution in [0.25, 0.3) is 0 Å². The zero-order chi connectivity index (χ0) is 27.2. The summed E-state index contributed by atoms with van der Waals surface area (Å²) in [6.07, 6.45) is 0. The number of esters is 1. The third kappa shape index (κ3) is 6.18.